The fourth-order valence-electron chi connectivity index (χ4n) is 2.98. The molecule has 0 spiro atoms. The van der Waals surface area contributed by atoms with Crippen LogP contribution in [-0.4, -0.2) is 43.6 Å². The summed E-state index contributed by atoms with van der Waals surface area (Å²) >= 11 is 0. The van der Waals surface area contributed by atoms with Crippen LogP contribution in [0.1, 0.15) is 30.9 Å². The van der Waals surface area contributed by atoms with Gasteiger partial charge < -0.3 is 15.8 Å². The van der Waals surface area contributed by atoms with Crippen molar-refractivity contribution in [3.8, 4) is 0 Å². The Balaban J connectivity index is 1.81. The molecule has 1 aliphatic heterocycles. The molecule has 2 rings (SSSR count). The predicted molar refractivity (Wildman–Crippen MR) is 90.8 cm³/mol. The van der Waals surface area contributed by atoms with E-state index in [4.69, 9.17) is 10.5 Å². The van der Waals surface area contributed by atoms with Crippen LogP contribution in [0.5, 0.6) is 0 Å². The van der Waals surface area contributed by atoms with E-state index in [0.717, 1.165) is 24.2 Å². The Morgan fingerprint density at radius 3 is 3.05 bits per heavy atom. The second-order valence-electron chi connectivity index (χ2n) is 5.76. The molecule has 1 atom stereocenters. The number of likely N-dealkylation sites (N-methyl/N-ethyl adjacent to an activating group) is 1. The van der Waals surface area contributed by atoms with E-state index in [1.54, 1.807) is 7.11 Å². The third-order valence-electron chi connectivity index (χ3n) is 4.16. The van der Waals surface area contributed by atoms with Crippen molar-refractivity contribution in [2.24, 2.45) is 10.7 Å². The lowest BCUT2D eigenvalue weighted by atomic mass is 10.1. The number of likely N-dealkylation sites (tertiary alicyclic amines) is 1. The largest absolute Gasteiger partial charge is 0.380 e. The maximum absolute atomic E-state index is 5.98. The number of nitrogens with two attached hydrogens (primary N) is 1. The Kier molecular flexibility index (Phi) is 6.68. The van der Waals surface area contributed by atoms with Gasteiger partial charge in [-0.05, 0) is 37.1 Å². The first-order chi connectivity index (χ1) is 10.7. The van der Waals surface area contributed by atoms with E-state index in [0.29, 0.717) is 25.2 Å². The zero-order valence-corrected chi connectivity index (χ0v) is 13.7. The topological polar surface area (TPSA) is 62.9 Å². The van der Waals surface area contributed by atoms with Crippen molar-refractivity contribution in [2.75, 3.05) is 26.7 Å². The molecule has 0 saturated carbocycles. The molecule has 3 N–H and O–H groups in total. The number of nitrogens with one attached hydrogen (secondary N) is 1. The highest BCUT2D eigenvalue weighted by molar-refractivity contribution is 5.77. The summed E-state index contributed by atoms with van der Waals surface area (Å²) in [5.41, 5.74) is 8.29. The van der Waals surface area contributed by atoms with Gasteiger partial charge in [0, 0.05) is 19.7 Å². The van der Waals surface area contributed by atoms with Gasteiger partial charge in [0.1, 0.15) is 0 Å². The van der Waals surface area contributed by atoms with E-state index in [-0.39, 0.29) is 0 Å². The van der Waals surface area contributed by atoms with Crippen LogP contribution in [0, 0.1) is 0 Å². The number of methoxy groups -OCH3 is 1. The number of hydrogen-bond acceptors (Lipinski definition) is 3. The minimum Gasteiger partial charge on any atom is -0.380 e. The molecule has 1 aromatic rings. The Bertz CT molecular complexity index is 489. The maximum atomic E-state index is 5.98. The van der Waals surface area contributed by atoms with Gasteiger partial charge >= 0.3 is 0 Å². The average molecular weight is 304 g/mol. The first-order valence-corrected chi connectivity index (χ1v) is 8.07. The number of rotatable bonds is 7. The van der Waals surface area contributed by atoms with E-state index < -0.39 is 0 Å². The van der Waals surface area contributed by atoms with Gasteiger partial charge in [0.25, 0.3) is 0 Å². The summed E-state index contributed by atoms with van der Waals surface area (Å²) in [5, 5.41) is 3.26. The molecule has 1 unspecified atom stereocenters. The number of hydrogen-bond donors (Lipinski definition) is 2. The smallest absolute Gasteiger partial charge is 0.188 e. The molecular weight excluding hydrogens is 276 g/mol. The summed E-state index contributed by atoms with van der Waals surface area (Å²) in [4.78, 5) is 6.93. The molecule has 0 bridgehead atoms. The Labute approximate surface area is 133 Å². The first-order valence-electron chi connectivity index (χ1n) is 8.07. The summed E-state index contributed by atoms with van der Waals surface area (Å²) in [6.45, 7) is 6.62. The lowest BCUT2D eigenvalue weighted by Gasteiger charge is -2.23. The molecule has 1 aromatic carbocycles. The molecule has 22 heavy (non-hydrogen) atoms. The van der Waals surface area contributed by atoms with Crippen molar-refractivity contribution < 1.29 is 4.74 Å². The van der Waals surface area contributed by atoms with Gasteiger partial charge in [0.2, 0.25) is 0 Å². The molecule has 1 heterocycles. The fourth-order valence-corrected chi connectivity index (χ4v) is 2.98. The van der Waals surface area contributed by atoms with E-state index >= 15 is 0 Å². The van der Waals surface area contributed by atoms with Crippen molar-refractivity contribution in [3.63, 3.8) is 0 Å². The average Bonchev–Trinajstić information content (AvgIpc) is 2.99. The van der Waals surface area contributed by atoms with Crippen LogP contribution in [0.15, 0.2) is 29.3 Å². The Morgan fingerprint density at radius 2 is 2.27 bits per heavy atom. The van der Waals surface area contributed by atoms with Crippen LogP contribution >= 0.6 is 0 Å². The fraction of sp³-hybridized carbons (Fsp3) is 0.588. The standard InChI is InChI=1S/C17H28N4O/c1-3-21-9-5-8-16(21)12-20-17(18)19-11-14-6-4-7-15(10-14)13-22-2/h4,6-7,10,16H,3,5,8-9,11-13H2,1-2H3,(H3,18,19,20). The van der Waals surface area contributed by atoms with Crippen LogP contribution in [0.3, 0.4) is 0 Å². The summed E-state index contributed by atoms with van der Waals surface area (Å²) in [7, 11) is 1.70. The summed E-state index contributed by atoms with van der Waals surface area (Å²) in [5.74, 6) is 0.528. The number of ether oxygens (including phenoxy) is 1. The highest BCUT2D eigenvalue weighted by atomic mass is 16.5. The van der Waals surface area contributed by atoms with Gasteiger partial charge in [-0.3, -0.25) is 4.90 Å². The molecule has 1 saturated heterocycles. The molecule has 0 amide bonds. The van der Waals surface area contributed by atoms with Crippen molar-refractivity contribution in [1.29, 1.82) is 0 Å². The third-order valence-corrected chi connectivity index (χ3v) is 4.16. The predicted octanol–water partition coefficient (Wildman–Crippen LogP) is 1.72. The quantitative estimate of drug-likeness (QED) is 0.595. The molecule has 1 aliphatic rings. The van der Waals surface area contributed by atoms with Gasteiger partial charge in [-0.2, -0.15) is 0 Å². The summed E-state index contributed by atoms with van der Waals surface area (Å²) in [6, 6.07) is 8.84. The van der Waals surface area contributed by atoms with E-state index in [1.165, 1.54) is 19.4 Å². The zero-order chi connectivity index (χ0) is 15.8. The normalized spacial score (nSPS) is 19.5. The van der Waals surface area contributed by atoms with E-state index in [1.807, 2.05) is 6.07 Å². The number of nitrogens with zero attached hydrogens (tertiary/aromatic N) is 2. The second-order valence-corrected chi connectivity index (χ2v) is 5.76. The lowest BCUT2D eigenvalue weighted by Crippen LogP contribution is -2.42. The third kappa shape index (κ3) is 5.00. The minimum atomic E-state index is 0.528. The van der Waals surface area contributed by atoms with Gasteiger partial charge in [0.15, 0.2) is 5.96 Å². The van der Waals surface area contributed by atoms with Gasteiger partial charge in [0.05, 0.1) is 13.2 Å². The van der Waals surface area contributed by atoms with Crippen molar-refractivity contribution >= 4 is 5.96 Å². The summed E-state index contributed by atoms with van der Waals surface area (Å²) in [6.07, 6.45) is 2.52. The van der Waals surface area contributed by atoms with E-state index in [9.17, 15) is 0 Å². The van der Waals surface area contributed by atoms with E-state index in [2.05, 4.69) is 40.3 Å². The number of guanidine groups is 1. The van der Waals surface area contributed by atoms with Gasteiger partial charge in [-0.1, -0.05) is 31.2 Å². The van der Waals surface area contributed by atoms with Crippen molar-refractivity contribution in [1.82, 2.24) is 10.2 Å². The zero-order valence-electron chi connectivity index (χ0n) is 13.7. The lowest BCUT2D eigenvalue weighted by molar-refractivity contribution is 0.185. The van der Waals surface area contributed by atoms with Crippen LogP contribution in [0.2, 0.25) is 0 Å². The first kappa shape index (κ1) is 16.8. The second kappa shape index (κ2) is 8.76. The van der Waals surface area contributed by atoms with Crippen LogP contribution in [-0.2, 0) is 17.9 Å². The van der Waals surface area contributed by atoms with Crippen LogP contribution < -0.4 is 11.1 Å². The maximum Gasteiger partial charge on any atom is 0.188 e. The minimum absolute atomic E-state index is 0.528. The van der Waals surface area contributed by atoms with Gasteiger partial charge in [-0.25, -0.2) is 4.99 Å². The monoisotopic (exact) mass is 304 g/mol. The number of benzene rings is 1. The molecular formula is C17H28N4O. The molecule has 0 aliphatic carbocycles. The highest BCUT2D eigenvalue weighted by Gasteiger charge is 2.22. The molecule has 0 aromatic heterocycles. The molecule has 1 fully saturated rings. The number of aliphatic imine (C=N–C) groups is 1. The SMILES string of the molecule is CCN1CCCC1CNC(N)=NCc1cccc(COC)c1. The van der Waals surface area contributed by atoms with Crippen LogP contribution in [0.25, 0.3) is 0 Å². The highest BCUT2D eigenvalue weighted by Crippen LogP contribution is 2.15. The van der Waals surface area contributed by atoms with Crippen molar-refractivity contribution in [3.05, 3.63) is 35.4 Å². The van der Waals surface area contributed by atoms with Crippen LogP contribution in [0.4, 0.5) is 0 Å². The molecule has 5 heteroatoms. The Morgan fingerprint density at radius 1 is 1.45 bits per heavy atom. The van der Waals surface area contributed by atoms with Crippen molar-refractivity contribution in [2.45, 2.75) is 39.0 Å². The summed E-state index contributed by atoms with van der Waals surface area (Å²) < 4.78 is 5.15. The molecule has 122 valence electrons. The molecule has 0 radical (unpaired) electrons. The van der Waals surface area contributed by atoms with Gasteiger partial charge in [-0.15, -0.1) is 0 Å². The molecule has 5 nitrogen and oxygen atoms in total. The Hall–Kier alpha value is -1.59.